The summed E-state index contributed by atoms with van der Waals surface area (Å²) in [4.78, 5) is 11.8. The van der Waals surface area contributed by atoms with Crippen LogP contribution in [0.15, 0.2) is 24.3 Å². The molecule has 2 aliphatic carbocycles. The number of ether oxygens (including phenoxy) is 2. The third-order valence-corrected chi connectivity index (χ3v) is 8.79. The van der Waals surface area contributed by atoms with Crippen molar-refractivity contribution < 1.29 is 24.5 Å². The van der Waals surface area contributed by atoms with E-state index in [1.54, 1.807) is 6.92 Å². The van der Waals surface area contributed by atoms with Gasteiger partial charge in [0.25, 0.3) is 0 Å². The first kappa shape index (κ1) is 31.1. The molecule has 0 aromatic rings. The standard InChI is InChI=1S/C31H54O5/c1-5-6-7-8-25-9-13-28(14-10-25)29-15-11-26(12-16-29)21-27(17-19-35-30(33)23(2)3)18-20-36-31(34)24(4)22-32/h25-30,32-33H,2,4-22H2,1,3H3. The van der Waals surface area contributed by atoms with Crippen molar-refractivity contribution in [3.05, 3.63) is 24.3 Å². The zero-order valence-corrected chi connectivity index (χ0v) is 23.2. The highest BCUT2D eigenvalue weighted by Gasteiger charge is 2.31. The van der Waals surface area contributed by atoms with Crippen molar-refractivity contribution in [3.8, 4) is 0 Å². The largest absolute Gasteiger partial charge is 0.462 e. The molecule has 0 spiro atoms. The normalized spacial score (nSPS) is 26.2. The first-order valence-electron chi connectivity index (χ1n) is 14.7. The molecule has 208 valence electrons. The summed E-state index contributed by atoms with van der Waals surface area (Å²) in [5, 5.41) is 19.0. The van der Waals surface area contributed by atoms with Crippen LogP contribution in [-0.4, -0.2) is 42.3 Å². The van der Waals surface area contributed by atoms with Gasteiger partial charge in [-0.1, -0.05) is 71.4 Å². The van der Waals surface area contributed by atoms with Crippen LogP contribution < -0.4 is 0 Å². The van der Waals surface area contributed by atoms with Crippen LogP contribution in [-0.2, 0) is 14.3 Å². The van der Waals surface area contributed by atoms with Crippen LogP contribution in [0.2, 0.25) is 0 Å². The minimum atomic E-state index is -0.923. The van der Waals surface area contributed by atoms with Crippen molar-refractivity contribution in [1.29, 1.82) is 0 Å². The summed E-state index contributed by atoms with van der Waals surface area (Å²) in [5.41, 5.74) is 0.698. The molecule has 2 atom stereocenters. The lowest BCUT2D eigenvalue weighted by Crippen LogP contribution is -2.27. The molecular formula is C31H54O5. The molecule has 0 aromatic heterocycles. The highest BCUT2D eigenvalue weighted by atomic mass is 16.6. The van der Waals surface area contributed by atoms with E-state index in [0.717, 1.165) is 37.0 Å². The molecule has 0 saturated heterocycles. The lowest BCUT2D eigenvalue weighted by molar-refractivity contribution is -0.139. The molecule has 2 saturated carbocycles. The Morgan fingerprint density at radius 1 is 0.917 bits per heavy atom. The molecule has 2 aliphatic rings. The molecule has 36 heavy (non-hydrogen) atoms. The molecule has 5 heteroatoms. The molecule has 0 aromatic carbocycles. The van der Waals surface area contributed by atoms with Crippen molar-refractivity contribution in [1.82, 2.24) is 0 Å². The van der Waals surface area contributed by atoms with E-state index >= 15 is 0 Å². The highest BCUT2D eigenvalue weighted by Crippen LogP contribution is 2.43. The molecule has 0 aliphatic heterocycles. The fourth-order valence-electron chi connectivity index (χ4n) is 6.35. The number of hydrogen-bond donors (Lipinski definition) is 2. The summed E-state index contributed by atoms with van der Waals surface area (Å²) < 4.78 is 10.9. The number of aliphatic hydroxyl groups excluding tert-OH is 2. The quantitative estimate of drug-likeness (QED) is 0.0732. The Morgan fingerprint density at radius 2 is 1.50 bits per heavy atom. The summed E-state index contributed by atoms with van der Waals surface area (Å²) in [7, 11) is 0. The molecular weight excluding hydrogens is 452 g/mol. The Labute approximate surface area is 220 Å². The van der Waals surface area contributed by atoms with Crippen molar-refractivity contribution >= 4 is 5.97 Å². The maximum atomic E-state index is 11.8. The van der Waals surface area contributed by atoms with Gasteiger partial charge in [0, 0.05) is 0 Å². The molecule has 2 unspecified atom stereocenters. The second-order valence-electron chi connectivity index (χ2n) is 11.7. The Balaban J connectivity index is 1.75. The van der Waals surface area contributed by atoms with Crippen LogP contribution in [0.5, 0.6) is 0 Å². The van der Waals surface area contributed by atoms with Crippen molar-refractivity contribution in [3.63, 3.8) is 0 Å². The minimum absolute atomic E-state index is 0.0905. The molecule has 0 bridgehead atoms. The predicted molar refractivity (Wildman–Crippen MR) is 146 cm³/mol. The Kier molecular flexibility index (Phi) is 15.0. The Bertz CT molecular complexity index is 643. The summed E-state index contributed by atoms with van der Waals surface area (Å²) in [6, 6.07) is 0. The smallest absolute Gasteiger partial charge is 0.335 e. The number of carbonyl (C=O) groups is 1. The van der Waals surface area contributed by atoms with Gasteiger partial charge in [0.15, 0.2) is 6.29 Å². The van der Waals surface area contributed by atoms with Crippen LogP contribution in [0, 0.1) is 29.6 Å². The minimum Gasteiger partial charge on any atom is -0.462 e. The number of hydrogen-bond acceptors (Lipinski definition) is 5. The maximum Gasteiger partial charge on any atom is 0.335 e. The van der Waals surface area contributed by atoms with Crippen LogP contribution in [0.25, 0.3) is 0 Å². The van der Waals surface area contributed by atoms with Gasteiger partial charge in [0.05, 0.1) is 25.4 Å². The van der Waals surface area contributed by atoms with Crippen LogP contribution in [0.4, 0.5) is 0 Å². The Hall–Kier alpha value is -1.17. The third-order valence-electron chi connectivity index (χ3n) is 8.79. The molecule has 2 rings (SSSR count). The number of esters is 1. The van der Waals surface area contributed by atoms with Gasteiger partial charge in [-0.15, -0.1) is 0 Å². The number of rotatable bonds is 17. The summed E-state index contributed by atoms with van der Waals surface area (Å²) in [6.45, 7) is 11.7. The monoisotopic (exact) mass is 506 g/mol. The van der Waals surface area contributed by atoms with E-state index in [9.17, 15) is 9.90 Å². The van der Waals surface area contributed by atoms with E-state index < -0.39 is 12.3 Å². The van der Waals surface area contributed by atoms with Crippen LogP contribution in [0.3, 0.4) is 0 Å². The molecule has 0 heterocycles. The number of carbonyl (C=O) groups excluding carboxylic acids is 1. The fourth-order valence-corrected chi connectivity index (χ4v) is 6.35. The van der Waals surface area contributed by atoms with Gasteiger partial charge in [-0.2, -0.15) is 0 Å². The summed E-state index contributed by atoms with van der Waals surface area (Å²) in [5.74, 6) is 3.41. The second kappa shape index (κ2) is 17.4. The van der Waals surface area contributed by atoms with E-state index in [1.807, 2.05) is 0 Å². The topological polar surface area (TPSA) is 76.0 Å². The van der Waals surface area contributed by atoms with Gasteiger partial charge in [-0.3, -0.25) is 0 Å². The zero-order chi connectivity index (χ0) is 26.3. The average Bonchev–Trinajstić information content (AvgIpc) is 2.88. The van der Waals surface area contributed by atoms with Crippen molar-refractivity contribution in [2.24, 2.45) is 29.6 Å². The Morgan fingerprint density at radius 3 is 2.06 bits per heavy atom. The SMILES string of the molecule is C=C(CO)C(=O)OCCC(CCOC(O)C(=C)C)CC1CCC(C2CCC(CCCCC)CC2)CC1. The first-order chi connectivity index (χ1) is 17.3. The van der Waals surface area contributed by atoms with E-state index in [2.05, 4.69) is 20.1 Å². The molecule has 2 fully saturated rings. The number of aliphatic hydroxyl groups is 2. The van der Waals surface area contributed by atoms with Gasteiger partial charge in [0.1, 0.15) is 0 Å². The van der Waals surface area contributed by atoms with Gasteiger partial charge >= 0.3 is 5.97 Å². The van der Waals surface area contributed by atoms with Crippen LogP contribution >= 0.6 is 0 Å². The van der Waals surface area contributed by atoms with Gasteiger partial charge in [-0.25, -0.2) is 4.79 Å². The number of unbranched alkanes of at least 4 members (excludes halogenated alkanes) is 2. The van der Waals surface area contributed by atoms with E-state index in [0.29, 0.717) is 30.6 Å². The first-order valence-corrected chi connectivity index (χ1v) is 14.7. The summed E-state index contributed by atoms with van der Waals surface area (Å²) in [6.07, 6.45) is 18.5. The third kappa shape index (κ3) is 11.5. The van der Waals surface area contributed by atoms with E-state index in [-0.39, 0.29) is 12.2 Å². The van der Waals surface area contributed by atoms with Crippen molar-refractivity contribution in [2.45, 2.75) is 116 Å². The van der Waals surface area contributed by atoms with Gasteiger partial charge < -0.3 is 19.7 Å². The molecule has 2 N–H and O–H groups in total. The zero-order valence-electron chi connectivity index (χ0n) is 23.2. The lowest BCUT2D eigenvalue weighted by atomic mass is 9.67. The van der Waals surface area contributed by atoms with Crippen LogP contribution in [0.1, 0.15) is 110 Å². The fraction of sp³-hybridized carbons (Fsp3) is 0.839. The second-order valence-corrected chi connectivity index (χ2v) is 11.7. The average molecular weight is 507 g/mol. The van der Waals surface area contributed by atoms with Gasteiger partial charge in [-0.05, 0) is 87.0 Å². The van der Waals surface area contributed by atoms with Gasteiger partial charge in [0.2, 0.25) is 0 Å². The molecule has 0 radical (unpaired) electrons. The summed E-state index contributed by atoms with van der Waals surface area (Å²) >= 11 is 0. The highest BCUT2D eigenvalue weighted by molar-refractivity contribution is 5.87. The van der Waals surface area contributed by atoms with E-state index in [4.69, 9.17) is 14.6 Å². The predicted octanol–water partition coefficient (Wildman–Crippen LogP) is 6.97. The van der Waals surface area contributed by atoms with E-state index in [1.165, 1.54) is 77.0 Å². The molecule has 5 nitrogen and oxygen atoms in total. The maximum absolute atomic E-state index is 11.8. The van der Waals surface area contributed by atoms with Crippen molar-refractivity contribution in [2.75, 3.05) is 19.8 Å². The molecule has 0 amide bonds. The lowest BCUT2D eigenvalue weighted by Gasteiger charge is -2.38.